The van der Waals surface area contributed by atoms with Crippen molar-refractivity contribution in [1.29, 1.82) is 0 Å². The van der Waals surface area contributed by atoms with Crippen molar-refractivity contribution < 1.29 is 9.59 Å². The maximum absolute atomic E-state index is 12.6. The predicted octanol–water partition coefficient (Wildman–Crippen LogP) is 2.94. The molecule has 1 aromatic carbocycles. The third-order valence-corrected chi connectivity index (χ3v) is 3.94. The highest BCUT2D eigenvalue weighted by atomic mass is 16.1. The molecular formula is C17H12O2. The van der Waals surface area contributed by atoms with Crippen molar-refractivity contribution in [2.75, 3.05) is 0 Å². The monoisotopic (exact) mass is 248 g/mol. The topological polar surface area (TPSA) is 34.1 Å². The number of terminal acetylenes is 1. The predicted molar refractivity (Wildman–Crippen MR) is 73.0 cm³/mol. The van der Waals surface area contributed by atoms with Crippen LogP contribution in [0.3, 0.4) is 0 Å². The summed E-state index contributed by atoms with van der Waals surface area (Å²) in [5, 5.41) is 0. The first-order valence-corrected chi connectivity index (χ1v) is 6.15. The number of fused-ring (bicyclic) bond motifs is 2. The highest BCUT2D eigenvalue weighted by Gasteiger charge is 2.46. The maximum atomic E-state index is 12.6. The van der Waals surface area contributed by atoms with Crippen molar-refractivity contribution in [3.05, 3.63) is 58.7 Å². The summed E-state index contributed by atoms with van der Waals surface area (Å²) < 4.78 is 0. The van der Waals surface area contributed by atoms with Gasteiger partial charge in [-0.15, -0.1) is 6.42 Å². The summed E-state index contributed by atoms with van der Waals surface area (Å²) in [6, 6.07) is 5.01. The van der Waals surface area contributed by atoms with Crippen LogP contribution in [0.5, 0.6) is 0 Å². The fourth-order valence-corrected chi connectivity index (χ4v) is 2.77. The van der Waals surface area contributed by atoms with Crippen LogP contribution in [0.2, 0.25) is 0 Å². The Bertz CT molecular complexity index is 713. The van der Waals surface area contributed by atoms with Crippen LogP contribution in [-0.2, 0) is 0 Å². The smallest absolute Gasteiger partial charge is 0.190 e. The number of benzene rings is 1. The number of rotatable bonds is 0. The molecule has 0 aliphatic heterocycles. The standard InChI is InChI=1S/C17H12O2/c1-3-11-7-8-12-13(10-11)15(18)14-6-4-5-9-17(14,2)16(12)19/h1,4-8,10H,9H2,2H3. The number of hydrogen-bond donors (Lipinski definition) is 0. The van der Waals surface area contributed by atoms with Gasteiger partial charge >= 0.3 is 0 Å². The van der Waals surface area contributed by atoms with Crippen LogP contribution in [0.4, 0.5) is 0 Å². The van der Waals surface area contributed by atoms with E-state index in [4.69, 9.17) is 6.42 Å². The summed E-state index contributed by atoms with van der Waals surface area (Å²) in [6.07, 6.45) is 11.4. The molecule has 2 aliphatic carbocycles. The Balaban J connectivity index is 2.29. The van der Waals surface area contributed by atoms with E-state index in [0.29, 0.717) is 28.7 Å². The Morgan fingerprint density at radius 3 is 2.79 bits per heavy atom. The van der Waals surface area contributed by atoms with Crippen LogP contribution in [0, 0.1) is 17.8 Å². The Labute approximate surface area is 111 Å². The van der Waals surface area contributed by atoms with Gasteiger partial charge in [0.25, 0.3) is 0 Å². The molecule has 0 bridgehead atoms. The lowest BCUT2D eigenvalue weighted by molar-refractivity contribution is 0.0801. The third kappa shape index (κ3) is 1.45. The van der Waals surface area contributed by atoms with E-state index in [2.05, 4.69) is 5.92 Å². The second kappa shape index (κ2) is 3.80. The van der Waals surface area contributed by atoms with Gasteiger partial charge in [0.05, 0.1) is 5.41 Å². The van der Waals surface area contributed by atoms with Crippen molar-refractivity contribution in [1.82, 2.24) is 0 Å². The third-order valence-electron chi connectivity index (χ3n) is 3.94. The number of allylic oxidation sites excluding steroid dienone is 4. The molecule has 2 nitrogen and oxygen atoms in total. The Hall–Kier alpha value is -2.40. The summed E-state index contributed by atoms with van der Waals surface area (Å²) in [5.41, 5.74) is 1.38. The van der Waals surface area contributed by atoms with Crippen molar-refractivity contribution in [3.8, 4) is 12.3 Å². The summed E-state index contributed by atoms with van der Waals surface area (Å²) >= 11 is 0. The number of Topliss-reactive ketones (excluding diaryl/α,β-unsaturated/α-hetero) is 2. The molecule has 1 unspecified atom stereocenters. The number of carbonyl (C=O) groups is 2. The molecule has 0 spiro atoms. The maximum Gasteiger partial charge on any atom is 0.190 e. The molecule has 0 aromatic heterocycles. The molecule has 0 N–H and O–H groups in total. The SMILES string of the molecule is C#Cc1ccc2c(c1)C(=O)C1=CC=CCC1(C)C2=O. The van der Waals surface area contributed by atoms with Crippen LogP contribution >= 0.6 is 0 Å². The molecule has 0 heterocycles. The quantitative estimate of drug-likeness (QED) is 0.661. The zero-order valence-electron chi connectivity index (χ0n) is 10.6. The van der Waals surface area contributed by atoms with E-state index in [9.17, 15) is 9.59 Å². The molecular weight excluding hydrogens is 236 g/mol. The number of hydrogen-bond acceptors (Lipinski definition) is 2. The molecule has 1 atom stereocenters. The summed E-state index contributed by atoms with van der Waals surface area (Å²) in [5.74, 6) is 2.41. The minimum atomic E-state index is -0.726. The van der Waals surface area contributed by atoms with Gasteiger partial charge in [-0.1, -0.05) is 24.1 Å². The second-order valence-electron chi connectivity index (χ2n) is 5.11. The average molecular weight is 248 g/mol. The van der Waals surface area contributed by atoms with Gasteiger partial charge in [0.1, 0.15) is 0 Å². The molecule has 2 heteroatoms. The fraction of sp³-hybridized carbons (Fsp3) is 0.176. The highest BCUT2D eigenvalue weighted by molar-refractivity contribution is 6.25. The minimum Gasteiger partial charge on any atom is -0.293 e. The van der Waals surface area contributed by atoms with Crippen LogP contribution in [0.15, 0.2) is 42.0 Å². The first-order chi connectivity index (χ1) is 9.08. The van der Waals surface area contributed by atoms with E-state index >= 15 is 0 Å². The summed E-state index contributed by atoms with van der Waals surface area (Å²) in [7, 11) is 0. The van der Waals surface area contributed by atoms with Gasteiger partial charge < -0.3 is 0 Å². The highest BCUT2D eigenvalue weighted by Crippen LogP contribution is 2.44. The van der Waals surface area contributed by atoms with Gasteiger partial charge in [0.2, 0.25) is 0 Å². The minimum absolute atomic E-state index is 0.00118. The fourth-order valence-electron chi connectivity index (χ4n) is 2.77. The lowest BCUT2D eigenvalue weighted by Gasteiger charge is -2.35. The van der Waals surface area contributed by atoms with Gasteiger partial charge in [-0.25, -0.2) is 0 Å². The molecule has 0 fully saturated rings. The lowest BCUT2D eigenvalue weighted by atomic mass is 9.64. The van der Waals surface area contributed by atoms with E-state index < -0.39 is 5.41 Å². The molecule has 0 amide bonds. The van der Waals surface area contributed by atoms with Gasteiger partial charge in [-0.2, -0.15) is 0 Å². The Kier molecular flexibility index (Phi) is 2.33. The molecule has 3 rings (SSSR count). The van der Waals surface area contributed by atoms with Crippen molar-refractivity contribution >= 4 is 11.6 Å². The van der Waals surface area contributed by atoms with E-state index in [1.54, 1.807) is 24.3 Å². The van der Waals surface area contributed by atoms with E-state index in [0.717, 1.165) is 0 Å². The van der Waals surface area contributed by atoms with Crippen molar-refractivity contribution in [3.63, 3.8) is 0 Å². The van der Waals surface area contributed by atoms with Crippen LogP contribution < -0.4 is 0 Å². The zero-order chi connectivity index (χ0) is 13.6. The molecule has 0 radical (unpaired) electrons. The molecule has 2 aliphatic rings. The zero-order valence-corrected chi connectivity index (χ0v) is 10.6. The number of carbonyl (C=O) groups excluding carboxylic acids is 2. The van der Waals surface area contributed by atoms with Crippen LogP contribution in [0.25, 0.3) is 0 Å². The van der Waals surface area contributed by atoms with Gasteiger partial charge in [-0.05, 0) is 31.5 Å². The Morgan fingerprint density at radius 2 is 2.05 bits per heavy atom. The normalized spacial score (nSPS) is 24.3. The largest absolute Gasteiger partial charge is 0.293 e. The molecule has 1 aromatic rings. The number of ketones is 2. The van der Waals surface area contributed by atoms with Gasteiger partial charge in [-0.3, -0.25) is 9.59 Å². The van der Waals surface area contributed by atoms with Crippen LogP contribution in [-0.4, -0.2) is 11.6 Å². The van der Waals surface area contributed by atoms with E-state index in [-0.39, 0.29) is 11.6 Å². The summed E-state index contributed by atoms with van der Waals surface area (Å²) in [4.78, 5) is 25.2. The van der Waals surface area contributed by atoms with Crippen LogP contribution in [0.1, 0.15) is 39.6 Å². The summed E-state index contributed by atoms with van der Waals surface area (Å²) in [6.45, 7) is 1.83. The van der Waals surface area contributed by atoms with E-state index in [1.165, 1.54) is 0 Å². The average Bonchev–Trinajstić information content (AvgIpc) is 2.44. The van der Waals surface area contributed by atoms with E-state index in [1.807, 2.05) is 19.1 Å². The lowest BCUT2D eigenvalue weighted by Crippen LogP contribution is -2.39. The molecule has 0 saturated carbocycles. The van der Waals surface area contributed by atoms with Gasteiger partial charge in [0.15, 0.2) is 11.6 Å². The molecule has 92 valence electrons. The first kappa shape index (κ1) is 11.7. The Morgan fingerprint density at radius 1 is 1.26 bits per heavy atom. The second-order valence-corrected chi connectivity index (χ2v) is 5.11. The van der Waals surface area contributed by atoms with Gasteiger partial charge in [0, 0.05) is 22.3 Å². The molecule has 0 saturated heterocycles. The van der Waals surface area contributed by atoms with Crippen molar-refractivity contribution in [2.45, 2.75) is 13.3 Å². The first-order valence-electron chi connectivity index (χ1n) is 6.15. The molecule has 19 heavy (non-hydrogen) atoms. The van der Waals surface area contributed by atoms with Crippen molar-refractivity contribution in [2.24, 2.45) is 5.41 Å².